The zero-order chi connectivity index (χ0) is 19.3. The van der Waals surface area contributed by atoms with Crippen molar-refractivity contribution in [2.75, 3.05) is 20.3 Å². The molecule has 0 saturated heterocycles. The Morgan fingerprint density at radius 1 is 1.35 bits per heavy atom. The molecule has 0 bridgehead atoms. The van der Waals surface area contributed by atoms with E-state index in [2.05, 4.69) is 9.88 Å². The summed E-state index contributed by atoms with van der Waals surface area (Å²) in [5, 5.41) is 12.7. The fourth-order valence-electron chi connectivity index (χ4n) is 2.72. The van der Waals surface area contributed by atoms with Crippen LogP contribution < -0.4 is 5.32 Å². The van der Waals surface area contributed by atoms with Gasteiger partial charge in [0, 0.05) is 35.8 Å². The number of nitrogens with zero attached hydrogens (tertiary/aromatic N) is 2. The molecule has 136 valence electrons. The van der Waals surface area contributed by atoms with E-state index in [0.717, 1.165) is 28.2 Å². The molecule has 0 radical (unpaired) electrons. The van der Waals surface area contributed by atoms with Gasteiger partial charge in [-0.2, -0.15) is 5.26 Å². The third-order valence-corrected chi connectivity index (χ3v) is 4.55. The number of carbonyl (C=O) groups excluding carboxylic acids is 1. The molecule has 0 aliphatic rings. The van der Waals surface area contributed by atoms with Crippen LogP contribution in [0.5, 0.6) is 0 Å². The summed E-state index contributed by atoms with van der Waals surface area (Å²) in [6.45, 7) is 6.63. The molecule has 1 heterocycles. The molecule has 0 unspecified atom stereocenters. The first-order chi connectivity index (χ1) is 12.4. The number of aryl methyl sites for hydroxylation is 2. The first-order valence-corrected chi connectivity index (χ1v) is 8.61. The Bertz CT molecular complexity index is 891. The van der Waals surface area contributed by atoms with E-state index in [1.54, 1.807) is 13.2 Å². The van der Waals surface area contributed by atoms with Gasteiger partial charge in [0.1, 0.15) is 11.6 Å². The van der Waals surface area contributed by atoms with Crippen molar-refractivity contribution < 1.29 is 9.53 Å². The van der Waals surface area contributed by atoms with Crippen LogP contribution in [-0.2, 0) is 9.53 Å². The number of nitrogens with one attached hydrogen (secondary N) is 1. The second-order valence-electron chi connectivity index (χ2n) is 6.01. The van der Waals surface area contributed by atoms with Crippen LogP contribution in [0.25, 0.3) is 11.8 Å². The van der Waals surface area contributed by atoms with Crippen LogP contribution in [0.4, 0.5) is 0 Å². The molecule has 1 amide bonds. The van der Waals surface area contributed by atoms with Crippen LogP contribution in [0.15, 0.2) is 29.8 Å². The number of nitriles is 1. The van der Waals surface area contributed by atoms with Crippen LogP contribution in [-0.4, -0.2) is 30.7 Å². The number of hydrogen-bond donors (Lipinski definition) is 1. The van der Waals surface area contributed by atoms with E-state index in [0.29, 0.717) is 18.2 Å². The fraction of sp³-hybridized carbons (Fsp3) is 0.300. The van der Waals surface area contributed by atoms with E-state index in [4.69, 9.17) is 16.3 Å². The van der Waals surface area contributed by atoms with Gasteiger partial charge in [0.05, 0.1) is 6.61 Å². The predicted molar refractivity (Wildman–Crippen MR) is 103 cm³/mol. The topological polar surface area (TPSA) is 67.0 Å². The van der Waals surface area contributed by atoms with Gasteiger partial charge in [-0.15, -0.1) is 0 Å². The first kappa shape index (κ1) is 19.8. The number of carbonyl (C=O) groups is 1. The van der Waals surface area contributed by atoms with Crippen LogP contribution >= 0.6 is 11.6 Å². The van der Waals surface area contributed by atoms with Crippen molar-refractivity contribution in [3.05, 3.63) is 57.4 Å². The fourth-order valence-corrected chi connectivity index (χ4v) is 2.89. The summed E-state index contributed by atoms with van der Waals surface area (Å²) in [5.41, 5.74) is 4.75. The molecule has 0 aliphatic heterocycles. The average Bonchev–Trinajstić information content (AvgIpc) is 2.89. The molecule has 0 spiro atoms. The van der Waals surface area contributed by atoms with E-state index in [1.165, 1.54) is 0 Å². The second kappa shape index (κ2) is 8.70. The minimum atomic E-state index is -0.410. The standard InChI is InChI=1S/C20H22ClN3O2/c1-13-5-6-18(11-19(13)21)24-14(2)9-16(15(24)3)10-17(12-22)20(25)23-7-8-26-4/h5-6,9-11H,7-8H2,1-4H3,(H,23,25)/b17-10+. The number of ether oxygens (including phenoxy) is 1. The smallest absolute Gasteiger partial charge is 0.262 e. The highest BCUT2D eigenvalue weighted by Gasteiger charge is 2.14. The maximum Gasteiger partial charge on any atom is 0.262 e. The van der Waals surface area contributed by atoms with Gasteiger partial charge >= 0.3 is 0 Å². The van der Waals surface area contributed by atoms with Gasteiger partial charge in [0.25, 0.3) is 5.91 Å². The largest absolute Gasteiger partial charge is 0.383 e. The summed E-state index contributed by atoms with van der Waals surface area (Å²) in [6, 6.07) is 9.79. The molecule has 6 heteroatoms. The van der Waals surface area contributed by atoms with E-state index in [9.17, 15) is 10.1 Å². The van der Waals surface area contributed by atoms with Gasteiger partial charge < -0.3 is 14.6 Å². The lowest BCUT2D eigenvalue weighted by Gasteiger charge is -2.11. The minimum Gasteiger partial charge on any atom is -0.383 e. The van der Waals surface area contributed by atoms with E-state index >= 15 is 0 Å². The highest BCUT2D eigenvalue weighted by Crippen LogP contribution is 2.26. The van der Waals surface area contributed by atoms with Gasteiger partial charge in [-0.25, -0.2) is 0 Å². The summed E-state index contributed by atoms with van der Waals surface area (Å²) in [6.07, 6.45) is 1.61. The van der Waals surface area contributed by atoms with Gasteiger partial charge in [0.2, 0.25) is 0 Å². The molecule has 0 saturated carbocycles. The molecule has 0 fully saturated rings. The van der Waals surface area contributed by atoms with Crippen LogP contribution in [0.1, 0.15) is 22.5 Å². The third-order valence-electron chi connectivity index (χ3n) is 4.14. The Morgan fingerprint density at radius 3 is 2.69 bits per heavy atom. The first-order valence-electron chi connectivity index (χ1n) is 8.23. The van der Waals surface area contributed by atoms with E-state index in [1.807, 2.05) is 51.1 Å². The SMILES string of the molecule is COCCNC(=O)/C(C#N)=C/c1cc(C)n(-c2ccc(C)c(Cl)c2)c1C. The van der Waals surface area contributed by atoms with Gasteiger partial charge in [0.15, 0.2) is 0 Å². The molecule has 2 aromatic rings. The lowest BCUT2D eigenvalue weighted by Crippen LogP contribution is -2.27. The second-order valence-corrected chi connectivity index (χ2v) is 6.42. The molecule has 0 atom stereocenters. The Hall–Kier alpha value is -2.55. The Balaban J connectivity index is 2.38. The summed E-state index contributed by atoms with van der Waals surface area (Å²) in [7, 11) is 1.55. The van der Waals surface area contributed by atoms with Crippen molar-refractivity contribution in [1.82, 2.24) is 9.88 Å². The number of rotatable bonds is 6. The quantitative estimate of drug-likeness (QED) is 0.478. The molecule has 5 nitrogen and oxygen atoms in total. The predicted octanol–water partition coefficient (Wildman–Crippen LogP) is 3.73. The molecular formula is C20H22ClN3O2. The van der Waals surface area contributed by atoms with E-state index < -0.39 is 5.91 Å². The van der Waals surface area contributed by atoms with Crippen LogP contribution in [0.3, 0.4) is 0 Å². The zero-order valence-electron chi connectivity index (χ0n) is 15.4. The molecule has 1 aromatic heterocycles. The molecule has 2 rings (SSSR count). The van der Waals surface area contributed by atoms with Crippen molar-refractivity contribution in [2.24, 2.45) is 0 Å². The molecule has 26 heavy (non-hydrogen) atoms. The van der Waals surface area contributed by atoms with Crippen molar-refractivity contribution >= 4 is 23.6 Å². The van der Waals surface area contributed by atoms with Gasteiger partial charge in [-0.1, -0.05) is 17.7 Å². The molecular weight excluding hydrogens is 350 g/mol. The highest BCUT2D eigenvalue weighted by molar-refractivity contribution is 6.31. The van der Waals surface area contributed by atoms with Gasteiger partial charge in [-0.3, -0.25) is 4.79 Å². The number of hydrogen-bond acceptors (Lipinski definition) is 3. The third kappa shape index (κ3) is 4.34. The van der Waals surface area contributed by atoms with Crippen LogP contribution in [0.2, 0.25) is 5.02 Å². The maximum absolute atomic E-state index is 12.1. The average molecular weight is 372 g/mol. The lowest BCUT2D eigenvalue weighted by molar-refractivity contribution is -0.117. The summed E-state index contributed by atoms with van der Waals surface area (Å²) in [4.78, 5) is 12.1. The van der Waals surface area contributed by atoms with Crippen molar-refractivity contribution in [2.45, 2.75) is 20.8 Å². The number of amides is 1. The molecule has 0 aliphatic carbocycles. The number of halogens is 1. The zero-order valence-corrected chi connectivity index (χ0v) is 16.1. The highest BCUT2D eigenvalue weighted by atomic mass is 35.5. The monoisotopic (exact) mass is 371 g/mol. The number of methoxy groups -OCH3 is 1. The molecule has 1 aromatic carbocycles. The molecule has 1 N–H and O–H groups in total. The van der Waals surface area contributed by atoms with E-state index in [-0.39, 0.29) is 5.57 Å². The maximum atomic E-state index is 12.1. The van der Waals surface area contributed by atoms with Gasteiger partial charge in [-0.05, 0) is 56.2 Å². The lowest BCUT2D eigenvalue weighted by atomic mass is 10.1. The van der Waals surface area contributed by atoms with Crippen molar-refractivity contribution in [3.63, 3.8) is 0 Å². The van der Waals surface area contributed by atoms with Crippen molar-refractivity contribution in [1.29, 1.82) is 5.26 Å². The Kier molecular flexibility index (Phi) is 6.62. The minimum absolute atomic E-state index is 0.0586. The van der Waals surface area contributed by atoms with Crippen molar-refractivity contribution in [3.8, 4) is 11.8 Å². The Morgan fingerprint density at radius 2 is 2.08 bits per heavy atom. The normalized spacial score (nSPS) is 11.3. The van der Waals surface area contributed by atoms with Crippen LogP contribution in [0, 0.1) is 32.1 Å². The Labute approximate surface area is 158 Å². The number of benzene rings is 1. The summed E-state index contributed by atoms with van der Waals surface area (Å²) < 4.78 is 6.95. The summed E-state index contributed by atoms with van der Waals surface area (Å²) >= 11 is 6.25. The summed E-state index contributed by atoms with van der Waals surface area (Å²) in [5.74, 6) is -0.410. The number of aromatic nitrogens is 1.